The summed E-state index contributed by atoms with van der Waals surface area (Å²) in [6, 6.07) is 0.0218. The minimum atomic E-state index is -0.736. The molecule has 0 aliphatic carbocycles. The summed E-state index contributed by atoms with van der Waals surface area (Å²) >= 11 is 0. The van der Waals surface area contributed by atoms with E-state index in [0.717, 1.165) is 52.4 Å². The van der Waals surface area contributed by atoms with Crippen LogP contribution in [0.4, 0.5) is 0 Å². The minimum Gasteiger partial charge on any atom is -0.481 e. The average Bonchev–Trinajstić information content (AvgIpc) is 2.94. The van der Waals surface area contributed by atoms with Gasteiger partial charge in [-0.15, -0.1) is 0 Å². The molecular formula is C14H26N2O4. The van der Waals surface area contributed by atoms with Crippen LogP contribution in [0.25, 0.3) is 0 Å². The lowest BCUT2D eigenvalue weighted by Crippen LogP contribution is -2.48. The zero-order valence-corrected chi connectivity index (χ0v) is 12.3. The third-order valence-corrected chi connectivity index (χ3v) is 4.15. The molecule has 0 radical (unpaired) electrons. The molecule has 0 amide bonds. The fourth-order valence-corrected chi connectivity index (χ4v) is 2.96. The van der Waals surface area contributed by atoms with E-state index in [1.165, 1.54) is 0 Å². The Labute approximate surface area is 120 Å². The highest BCUT2D eigenvalue weighted by atomic mass is 16.5. The maximum Gasteiger partial charge on any atom is 0.310 e. The van der Waals surface area contributed by atoms with Crippen molar-refractivity contribution in [3.05, 3.63) is 0 Å². The van der Waals surface area contributed by atoms with Crippen molar-refractivity contribution in [1.29, 1.82) is 0 Å². The van der Waals surface area contributed by atoms with Crippen LogP contribution >= 0.6 is 0 Å². The molecule has 0 aromatic rings. The summed E-state index contributed by atoms with van der Waals surface area (Å²) in [5, 5.41) is 9.28. The summed E-state index contributed by atoms with van der Waals surface area (Å²) in [6.07, 6.45) is 1.03. The van der Waals surface area contributed by atoms with Gasteiger partial charge in [-0.1, -0.05) is 6.92 Å². The molecular weight excluding hydrogens is 260 g/mol. The Balaban J connectivity index is 1.86. The van der Waals surface area contributed by atoms with Crippen LogP contribution in [0.15, 0.2) is 0 Å². The van der Waals surface area contributed by atoms with Crippen LogP contribution in [0.1, 0.15) is 13.3 Å². The highest BCUT2D eigenvalue weighted by Gasteiger charge is 2.37. The van der Waals surface area contributed by atoms with Gasteiger partial charge in [-0.2, -0.15) is 0 Å². The molecule has 2 fully saturated rings. The zero-order valence-electron chi connectivity index (χ0n) is 12.3. The minimum absolute atomic E-state index is 0.0218. The first-order valence-corrected chi connectivity index (χ1v) is 7.57. The molecule has 0 aromatic heterocycles. The maximum atomic E-state index is 11.3. The summed E-state index contributed by atoms with van der Waals surface area (Å²) in [5.41, 5.74) is 0. The normalized spacial score (nSPS) is 28.1. The van der Waals surface area contributed by atoms with Gasteiger partial charge in [0.25, 0.3) is 0 Å². The number of carbonyl (C=O) groups is 1. The van der Waals surface area contributed by atoms with Crippen molar-refractivity contribution < 1.29 is 19.4 Å². The summed E-state index contributed by atoms with van der Waals surface area (Å²) in [7, 11) is 0. The number of hydrogen-bond acceptors (Lipinski definition) is 5. The molecule has 6 heteroatoms. The number of rotatable bonds is 7. The van der Waals surface area contributed by atoms with Gasteiger partial charge in [-0.25, -0.2) is 0 Å². The summed E-state index contributed by atoms with van der Waals surface area (Å²) < 4.78 is 10.7. The molecule has 20 heavy (non-hydrogen) atoms. The largest absolute Gasteiger partial charge is 0.481 e. The lowest BCUT2D eigenvalue weighted by atomic mass is 10.0. The molecule has 2 unspecified atom stereocenters. The summed E-state index contributed by atoms with van der Waals surface area (Å²) in [4.78, 5) is 16.0. The molecule has 1 N–H and O–H groups in total. The predicted molar refractivity (Wildman–Crippen MR) is 74.9 cm³/mol. The van der Waals surface area contributed by atoms with Crippen LogP contribution in [0, 0.1) is 5.92 Å². The lowest BCUT2D eigenvalue weighted by molar-refractivity contribution is -0.143. The Hall–Kier alpha value is -0.690. The molecule has 2 heterocycles. The van der Waals surface area contributed by atoms with Gasteiger partial charge >= 0.3 is 5.97 Å². The van der Waals surface area contributed by atoms with Crippen LogP contribution in [0.3, 0.4) is 0 Å². The van der Waals surface area contributed by atoms with E-state index in [2.05, 4.69) is 16.7 Å². The molecule has 2 aliphatic heterocycles. The molecule has 6 nitrogen and oxygen atoms in total. The number of nitrogens with zero attached hydrogens (tertiary/aromatic N) is 2. The van der Waals surface area contributed by atoms with E-state index in [-0.39, 0.29) is 12.0 Å². The highest BCUT2D eigenvalue weighted by Crippen LogP contribution is 2.20. The standard InChI is InChI=1S/C14H26N2O4/c1-2-3-16(5-4-15-6-8-19-9-7-15)13-11-20-10-12(13)14(17)18/h12-13H,2-11H2,1H3,(H,17,18). The SMILES string of the molecule is CCCN(CCN1CCOCC1)C1COCC1C(=O)O. The second kappa shape index (κ2) is 7.93. The smallest absolute Gasteiger partial charge is 0.310 e. The molecule has 116 valence electrons. The number of carboxylic acid groups (broad SMARTS) is 1. The number of aliphatic carboxylic acids is 1. The van der Waals surface area contributed by atoms with E-state index in [4.69, 9.17) is 9.47 Å². The van der Waals surface area contributed by atoms with E-state index in [1.54, 1.807) is 0 Å². The van der Waals surface area contributed by atoms with Crippen molar-refractivity contribution in [3.63, 3.8) is 0 Å². The highest BCUT2D eigenvalue weighted by molar-refractivity contribution is 5.71. The molecule has 2 saturated heterocycles. The van der Waals surface area contributed by atoms with Crippen LogP contribution in [-0.4, -0.2) is 86.1 Å². The first-order chi connectivity index (χ1) is 9.72. The van der Waals surface area contributed by atoms with E-state index < -0.39 is 5.97 Å². The monoisotopic (exact) mass is 286 g/mol. The Morgan fingerprint density at radius 1 is 1.25 bits per heavy atom. The Morgan fingerprint density at radius 2 is 2.00 bits per heavy atom. The fraction of sp³-hybridized carbons (Fsp3) is 0.929. The first-order valence-electron chi connectivity index (χ1n) is 7.57. The van der Waals surface area contributed by atoms with E-state index in [9.17, 15) is 9.90 Å². The Bertz CT molecular complexity index is 308. The number of ether oxygens (including phenoxy) is 2. The summed E-state index contributed by atoms with van der Waals surface area (Å²) in [5.74, 6) is -1.12. The van der Waals surface area contributed by atoms with Crippen molar-refractivity contribution in [2.45, 2.75) is 19.4 Å². The number of hydrogen-bond donors (Lipinski definition) is 1. The van der Waals surface area contributed by atoms with Crippen LogP contribution in [0.2, 0.25) is 0 Å². The second-order valence-electron chi connectivity index (χ2n) is 5.54. The molecule has 0 aromatic carbocycles. The van der Waals surface area contributed by atoms with Crippen LogP contribution in [-0.2, 0) is 14.3 Å². The van der Waals surface area contributed by atoms with Gasteiger partial charge in [-0.05, 0) is 13.0 Å². The third-order valence-electron chi connectivity index (χ3n) is 4.15. The fourth-order valence-electron chi connectivity index (χ4n) is 2.96. The van der Waals surface area contributed by atoms with E-state index >= 15 is 0 Å². The molecule has 0 bridgehead atoms. The van der Waals surface area contributed by atoms with Crippen molar-refractivity contribution in [1.82, 2.24) is 9.80 Å². The van der Waals surface area contributed by atoms with Crippen molar-refractivity contribution in [3.8, 4) is 0 Å². The summed E-state index contributed by atoms with van der Waals surface area (Å²) in [6.45, 7) is 9.40. The number of morpholine rings is 1. The van der Waals surface area contributed by atoms with Gasteiger partial charge < -0.3 is 14.6 Å². The van der Waals surface area contributed by atoms with Gasteiger partial charge in [0.1, 0.15) is 0 Å². The average molecular weight is 286 g/mol. The first kappa shape index (κ1) is 15.7. The zero-order chi connectivity index (χ0) is 14.4. The number of carboxylic acids is 1. The van der Waals surface area contributed by atoms with Crippen LogP contribution in [0.5, 0.6) is 0 Å². The van der Waals surface area contributed by atoms with Gasteiger partial charge in [0.05, 0.1) is 32.3 Å². The predicted octanol–water partition coefficient (Wildman–Crippen LogP) is 0.130. The Morgan fingerprint density at radius 3 is 2.65 bits per heavy atom. The van der Waals surface area contributed by atoms with Crippen molar-refractivity contribution in [2.75, 3.05) is 59.2 Å². The molecule has 2 atom stereocenters. The van der Waals surface area contributed by atoms with E-state index in [0.29, 0.717) is 13.2 Å². The van der Waals surface area contributed by atoms with Crippen molar-refractivity contribution in [2.24, 2.45) is 5.92 Å². The quantitative estimate of drug-likeness (QED) is 0.718. The van der Waals surface area contributed by atoms with Gasteiger partial charge in [0.2, 0.25) is 0 Å². The Kier molecular flexibility index (Phi) is 6.22. The molecule has 0 spiro atoms. The van der Waals surface area contributed by atoms with Gasteiger partial charge in [0.15, 0.2) is 0 Å². The van der Waals surface area contributed by atoms with Crippen molar-refractivity contribution >= 4 is 5.97 Å². The molecule has 2 aliphatic rings. The lowest BCUT2D eigenvalue weighted by Gasteiger charge is -2.33. The molecule has 2 rings (SSSR count). The van der Waals surface area contributed by atoms with Gasteiger partial charge in [0, 0.05) is 32.2 Å². The maximum absolute atomic E-state index is 11.3. The molecule has 0 saturated carbocycles. The topological polar surface area (TPSA) is 62.2 Å². The van der Waals surface area contributed by atoms with Gasteiger partial charge in [-0.3, -0.25) is 14.6 Å². The van der Waals surface area contributed by atoms with E-state index in [1.807, 2.05) is 0 Å². The third kappa shape index (κ3) is 4.15. The van der Waals surface area contributed by atoms with Crippen LogP contribution < -0.4 is 0 Å². The second-order valence-corrected chi connectivity index (χ2v) is 5.54.